The van der Waals surface area contributed by atoms with Gasteiger partial charge in [0.1, 0.15) is 0 Å². The Kier molecular flexibility index (Phi) is 3.76. The topological polar surface area (TPSA) is 26.3 Å². The molecule has 1 aliphatic carbocycles. The highest BCUT2D eigenvalue weighted by atomic mass is 16.5. The zero-order valence-electron chi connectivity index (χ0n) is 8.77. The summed E-state index contributed by atoms with van der Waals surface area (Å²) in [7, 11) is 1.48. The lowest BCUT2D eigenvalue weighted by Gasteiger charge is -2.35. The van der Waals surface area contributed by atoms with Gasteiger partial charge in [-0.2, -0.15) is 0 Å². The summed E-state index contributed by atoms with van der Waals surface area (Å²) in [5.74, 6) is -0.0382. The zero-order valence-corrected chi connectivity index (χ0v) is 8.77. The Hall–Kier alpha value is -0.530. The molecule has 0 radical (unpaired) electrons. The number of ether oxygens (including phenoxy) is 1. The van der Waals surface area contributed by atoms with Crippen LogP contribution in [0, 0.1) is 5.41 Å². The van der Waals surface area contributed by atoms with Crippen molar-refractivity contribution in [3.63, 3.8) is 0 Å². The fraction of sp³-hybridized carbons (Fsp3) is 0.909. The van der Waals surface area contributed by atoms with Crippen molar-refractivity contribution in [1.29, 1.82) is 0 Å². The maximum atomic E-state index is 11.2. The Bertz CT molecular complexity index is 169. The lowest BCUT2D eigenvalue weighted by Crippen LogP contribution is -2.27. The fourth-order valence-electron chi connectivity index (χ4n) is 2.34. The van der Waals surface area contributed by atoms with Crippen LogP contribution < -0.4 is 0 Å². The van der Waals surface area contributed by atoms with Gasteiger partial charge in [-0.25, -0.2) is 0 Å². The summed E-state index contributed by atoms with van der Waals surface area (Å²) in [5, 5.41) is 0. The number of hydrogen-bond acceptors (Lipinski definition) is 2. The third-order valence-electron chi connectivity index (χ3n) is 3.41. The van der Waals surface area contributed by atoms with Gasteiger partial charge in [-0.3, -0.25) is 4.79 Å². The van der Waals surface area contributed by atoms with Crippen molar-refractivity contribution in [3.8, 4) is 0 Å². The van der Waals surface area contributed by atoms with Crippen LogP contribution in [-0.4, -0.2) is 13.1 Å². The van der Waals surface area contributed by atoms with E-state index >= 15 is 0 Å². The maximum absolute atomic E-state index is 11.2. The Morgan fingerprint density at radius 2 is 1.92 bits per heavy atom. The molecule has 2 heteroatoms. The predicted octanol–water partition coefficient (Wildman–Crippen LogP) is 2.91. The summed E-state index contributed by atoms with van der Waals surface area (Å²) in [6.07, 6.45) is 8.05. The van der Waals surface area contributed by atoms with Crippen LogP contribution in [0.4, 0.5) is 0 Å². The molecule has 0 saturated heterocycles. The molecule has 1 fully saturated rings. The Morgan fingerprint density at radius 3 is 2.38 bits per heavy atom. The second-order valence-corrected chi connectivity index (χ2v) is 4.17. The van der Waals surface area contributed by atoms with E-state index in [2.05, 4.69) is 6.92 Å². The van der Waals surface area contributed by atoms with Gasteiger partial charge in [0.15, 0.2) is 0 Å². The number of carbonyl (C=O) groups is 1. The first-order valence-electron chi connectivity index (χ1n) is 5.29. The first-order valence-corrected chi connectivity index (χ1v) is 5.29. The number of carbonyl (C=O) groups excluding carboxylic acids is 1. The standard InChI is InChI=1S/C11H20O2/c1-3-11(9-10(12)13-2)7-5-4-6-8-11/h3-9H2,1-2H3. The van der Waals surface area contributed by atoms with Crippen molar-refractivity contribution in [1.82, 2.24) is 0 Å². The second-order valence-electron chi connectivity index (χ2n) is 4.17. The van der Waals surface area contributed by atoms with E-state index in [9.17, 15) is 4.79 Å². The fourth-order valence-corrected chi connectivity index (χ4v) is 2.34. The molecular formula is C11H20O2. The lowest BCUT2D eigenvalue weighted by molar-refractivity contribution is -0.144. The van der Waals surface area contributed by atoms with Gasteiger partial charge < -0.3 is 4.74 Å². The van der Waals surface area contributed by atoms with Crippen molar-refractivity contribution < 1.29 is 9.53 Å². The molecule has 76 valence electrons. The third-order valence-corrected chi connectivity index (χ3v) is 3.41. The Balaban J connectivity index is 2.52. The van der Waals surface area contributed by atoms with Crippen molar-refractivity contribution in [3.05, 3.63) is 0 Å². The first-order chi connectivity index (χ1) is 6.22. The van der Waals surface area contributed by atoms with Crippen LogP contribution in [0.1, 0.15) is 51.9 Å². The molecule has 0 spiro atoms. The van der Waals surface area contributed by atoms with E-state index in [-0.39, 0.29) is 11.4 Å². The molecule has 0 bridgehead atoms. The van der Waals surface area contributed by atoms with Gasteiger partial charge in [-0.1, -0.05) is 26.2 Å². The van der Waals surface area contributed by atoms with Gasteiger partial charge >= 0.3 is 5.97 Å². The van der Waals surface area contributed by atoms with Gasteiger partial charge in [-0.15, -0.1) is 0 Å². The van der Waals surface area contributed by atoms with Crippen molar-refractivity contribution >= 4 is 5.97 Å². The average molecular weight is 184 g/mol. The summed E-state index contributed by atoms with van der Waals surface area (Å²) in [6, 6.07) is 0. The van der Waals surface area contributed by atoms with Crippen LogP contribution in [0.15, 0.2) is 0 Å². The van der Waals surface area contributed by atoms with Crippen LogP contribution in [0.25, 0.3) is 0 Å². The zero-order chi connectivity index (χ0) is 9.73. The predicted molar refractivity (Wildman–Crippen MR) is 52.4 cm³/mol. The molecule has 0 heterocycles. The average Bonchev–Trinajstić information content (AvgIpc) is 2.19. The van der Waals surface area contributed by atoms with E-state index in [1.165, 1.54) is 39.2 Å². The number of esters is 1. The van der Waals surface area contributed by atoms with Gasteiger partial charge in [0.2, 0.25) is 0 Å². The Labute approximate surface area is 80.7 Å². The molecule has 0 aliphatic heterocycles. The van der Waals surface area contributed by atoms with Crippen LogP contribution in [-0.2, 0) is 9.53 Å². The van der Waals surface area contributed by atoms with E-state index in [4.69, 9.17) is 4.74 Å². The van der Waals surface area contributed by atoms with E-state index in [1.807, 2.05) is 0 Å². The van der Waals surface area contributed by atoms with Crippen LogP contribution >= 0.6 is 0 Å². The molecule has 0 aromatic carbocycles. The Morgan fingerprint density at radius 1 is 1.31 bits per heavy atom. The molecule has 1 saturated carbocycles. The summed E-state index contributed by atoms with van der Waals surface area (Å²) < 4.78 is 4.74. The van der Waals surface area contributed by atoms with Crippen molar-refractivity contribution in [2.45, 2.75) is 51.9 Å². The minimum absolute atomic E-state index is 0.0382. The smallest absolute Gasteiger partial charge is 0.306 e. The van der Waals surface area contributed by atoms with E-state index in [0.717, 1.165) is 6.42 Å². The van der Waals surface area contributed by atoms with Crippen LogP contribution in [0.3, 0.4) is 0 Å². The molecule has 0 atom stereocenters. The van der Waals surface area contributed by atoms with Crippen molar-refractivity contribution in [2.24, 2.45) is 5.41 Å². The maximum Gasteiger partial charge on any atom is 0.306 e. The molecule has 13 heavy (non-hydrogen) atoms. The van der Waals surface area contributed by atoms with E-state index in [1.54, 1.807) is 0 Å². The molecule has 0 amide bonds. The SMILES string of the molecule is CCC1(CC(=O)OC)CCCCC1. The molecule has 0 aromatic heterocycles. The highest BCUT2D eigenvalue weighted by molar-refractivity contribution is 5.70. The number of rotatable bonds is 3. The molecule has 0 aromatic rings. The monoisotopic (exact) mass is 184 g/mol. The molecular weight excluding hydrogens is 164 g/mol. The van der Waals surface area contributed by atoms with Crippen molar-refractivity contribution in [2.75, 3.05) is 7.11 Å². The third kappa shape index (κ3) is 2.71. The minimum Gasteiger partial charge on any atom is -0.469 e. The van der Waals surface area contributed by atoms with Gasteiger partial charge in [0, 0.05) is 0 Å². The van der Waals surface area contributed by atoms with Gasteiger partial charge in [-0.05, 0) is 24.7 Å². The molecule has 0 N–H and O–H groups in total. The normalized spacial score (nSPS) is 21.1. The summed E-state index contributed by atoms with van der Waals surface area (Å²) in [5.41, 5.74) is 0.269. The highest BCUT2D eigenvalue weighted by Gasteiger charge is 2.32. The molecule has 2 nitrogen and oxygen atoms in total. The van der Waals surface area contributed by atoms with Gasteiger partial charge in [0.25, 0.3) is 0 Å². The number of methoxy groups -OCH3 is 1. The summed E-state index contributed by atoms with van der Waals surface area (Å²) in [6.45, 7) is 2.19. The lowest BCUT2D eigenvalue weighted by atomic mass is 9.70. The van der Waals surface area contributed by atoms with E-state index in [0.29, 0.717) is 6.42 Å². The van der Waals surface area contributed by atoms with Gasteiger partial charge in [0.05, 0.1) is 13.5 Å². The van der Waals surface area contributed by atoms with E-state index < -0.39 is 0 Å². The second kappa shape index (κ2) is 4.64. The molecule has 1 aliphatic rings. The molecule has 0 unspecified atom stereocenters. The largest absolute Gasteiger partial charge is 0.469 e. The summed E-state index contributed by atoms with van der Waals surface area (Å²) in [4.78, 5) is 11.2. The van der Waals surface area contributed by atoms with Crippen LogP contribution in [0.2, 0.25) is 0 Å². The number of hydrogen-bond donors (Lipinski definition) is 0. The minimum atomic E-state index is -0.0382. The highest BCUT2D eigenvalue weighted by Crippen LogP contribution is 2.42. The summed E-state index contributed by atoms with van der Waals surface area (Å²) >= 11 is 0. The quantitative estimate of drug-likeness (QED) is 0.630. The molecule has 1 rings (SSSR count). The van der Waals surface area contributed by atoms with Crippen LogP contribution in [0.5, 0.6) is 0 Å². The first kappa shape index (κ1) is 10.6.